The van der Waals surface area contributed by atoms with Gasteiger partial charge < -0.3 is 11.1 Å². The molecule has 1 fully saturated rings. The van der Waals surface area contributed by atoms with Gasteiger partial charge in [0, 0.05) is 24.2 Å². The van der Waals surface area contributed by atoms with Gasteiger partial charge >= 0.3 is 0 Å². The third kappa shape index (κ3) is 4.99. The summed E-state index contributed by atoms with van der Waals surface area (Å²) in [5.74, 6) is 0.612. The van der Waals surface area contributed by atoms with E-state index in [2.05, 4.69) is 17.1 Å². The van der Waals surface area contributed by atoms with E-state index in [1.165, 1.54) is 0 Å². The molecule has 3 N–H and O–H groups in total. The van der Waals surface area contributed by atoms with Gasteiger partial charge in [-0.3, -0.25) is 9.69 Å². The van der Waals surface area contributed by atoms with Crippen molar-refractivity contribution in [3.63, 3.8) is 0 Å². The molecule has 0 aromatic heterocycles. The van der Waals surface area contributed by atoms with Crippen molar-refractivity contribution in [2.45, 2.75) is 25.8 Å². The van der Waals surface area contributed by atoms with Crippen LogP contribution < -0.4 is 11.1 Å². The Labute approximate surface area is 131 Å². The molecule has 1 amide bonds. The molecule has 21 heavy (non-hydrogen) atoms. The van der Waals surface area contributed by atoms with Crippen molar-refractivity contribution in [3.05, 3.63) is 34.9 Å². The number of hydrogen-bond acceptors (Lipinski definition) is 3. The first-order valence-corrected chi connectivity index (χ1v) is 7.91. The predicted molar refractivity (Wildman–Crippen MR) is 86.4 cm³/mol. The molecule has 1 aromatic carbocycles. The maximum atomic E-state index is 12.0. The van der Waals surface area contributed by atoms with Crippen molar-refractivity contribution in [3.8, 4) is 0 Å². The molecule has 0 aliphatic carbocycles. The highest BCUT2D eigenvalue weighted by molar-refractivity contribution is 6.30. The van der Waals surface area contributed by atoms with Gasteiger partial charge in [0.2, 0.25) is 5.91 Å². The topological polar surface area (TPSA) is 58.4 Å². The number of nitrogens with one attached hydrogen (secondary N) is 1. The van der Waals surface area contributed by atoms with Crippen molar-refractivity contribution in [1.82, 2.24) is 10.2 Å². The van der Waals surface area contributed by atoms with Crippen molar-refractivity contribution < 1.29 is 4.79 Å². The summed E-state index contributed by atoms with van der Waals surface area (Å²) in [6.45, 7) is 4.90. The second-order valence-corrected chi connectivity index (χ2v) is 6.28. The summed E-state index contributed by atoms with van der Waals surface area (Å²) in [7, 11) is 0. The lowest BCUT2D eigenvalue weighted by atomic mass is 10.1. The number of amides is 1. The first-order chi connectivity index (χ1) is 10.1. The number of carbonyl (C=O) groups excluding carboxylic acids is 1. The molecule has 0 saturated carbocycles. The Bertz CT molecular complexity index is 480. The molecule has 2 unspecified atom stereocenters. The first kappa shape index (κ1) is 16.3. The van der Waals surface area contributed by atoms with Gasteiger partial charge in [-0.15, -0.1) is 0 Å². The van der Waals surface area contributed by atoms with Crippen LogP contribution in [0.15, 0.2) is 24.3 Å². The Morgan fingerprint density at radius 3 is 3.00 bits per heavy atom. The van der Waals surface area contributed by atoms with Gasteiger partial charge in [-0.2, -0.15) is 0 Å². The maximum absolute atomic E-state index is 12.0. The van der Waals surface area contributed by atoms with Crippen molar-refractivity contribution in [2.24, 2.45) is 11.7 Å². The number of nitrogens with two attached hydrogens (primary N) is 1. The van der Waals surface area contributed by atoms with Crippen LogP contribution in [0.25, 0.3) is 0 Å². The Kier molecular flexibility index (Phi) is 6.03. The molecular weight excluding hydrogens is 286 g/mol. The molecule has 2 rings (SSSR count). The number of likely N-dealkylation sites (tertiary alicyclic amines) is 1. The van der Waals surface area contributed by atoms with Gasteiger partial charge in [-0.25, -0.2) is 0 Å². The summed E-state index contributed by atoms with van der Waals surface area (Å²) in [5.41, 5.74) is 6.85. The summed E-state index contributed by atoms with van der Waals surface area (Å²) in [6, 6.07) is 8.18. The average Bonchev–Trinajstić information content (AvgIpc) is 2.79. The fraction of sp³-hybridized carbons (Fsp3) is 0.562. The van der Waals surface area contributed by atoms with Crippen LogP contribution in [-0.4, -0.2) is 43.0 Å². The highest BCUT2D eigenvalue weighted by Gasteiger charge is 2.29. The second-order valence-electron chi connectivity index (χ2n) is 5.85. The number of rotatable bonds is 6. The minimum absolute atomic E-state index is 0.0848. The number of halogens is 1. The molecule has 4 nitrogen and oxygen atoms in total. The maximum Gasteiger partial charge on any atom is 0.234 e. The lowest BCUT2D eigenvalue weighted by Gasteiger charge is -2.20. The Balaban J connectivity index is 1.70. The molecule has 1 saturated heterocycles. The van der Waals surface area contributed by atoms with Crippen LogP contribution >= 0.6 is 11.6 Å². The van der Waals surface area contributed by atoms with Crippen LogP contribution in [-0.2, 0) is 11.2 Å². The number of benzene rings is 1. The highest BCUT2D eigenvalue weighted by Crippen LogP contribution is 2.21. The van der Waals surface area contributed by atoms with E-state index < -0.39 is 0 Å². The summed E-state index contributed by atoms with van der Waals surface area (Å²) in [5, 5.41) is 3.71. The normalized spacial score (nSPS) is 22.4. The van der Waals surface area contributed by atoms with Gasteiger partial charge in [-0.05, 0) is 49.9 Å². The minimum Gasteiger partial charge on any atom is -0.355 e. The van der Waals surface area contributed by atoms with Crippen LogP contribution in [0.4, 0.5) is 0 Å². The fourth-order valence-corrected chi connectivity index (χ4v) is 3.10. The van der Waals surface area contributed by atoms with E-state index in [4.69, 9.17) is 17.3 Å². The molecule has 116 valence electrons. The smallest absolute Gasteiger partial charge is 0.234 e. The zero-order valence-electron chi connectivity index (χ0n) is 12.5. The van der Waals surface area contributed by atoms with Gasteiger partial charge in [0.05, 0.1) is 6.54 Å². The van der Waals surface area contributed by atoms with Gasteiger partial charge in [0.1, 0.15) is 0 Å². The molecular formula is C16H24ClN3O. The van der Waals surface area contributed by atoms with E-state index in [9.17, 15) is 4.79 Å². The Hall–Kier alpha value is -1.10. The molecule has 1 aliphatic heterocycles. The highest BCUT2D eigenvalue weighted by atomic mass is 35.5. The first-order valence-electron chi connectivity index (χ1n) is 7.53. The summed E-state index contributed by atoms with van der Waals surface area (Å²) >= 11 is 5.94. The molecule has 0 radical (unpaired) electrons. The molecule has 1 heterocycles. The molecule has 2 atom stereocenters. The zero-order valence-corrected chi connectivity index (χ0v) is 13.3. The second kappa shape index (κ2) is 7.78. The SMILES string of the molecule is CC1CC(CN)CN1CC(=O)NCCc1cccc(Cl)c1. The van der Waals surface area contributed by atoms with E-state index in [0.29, 0.717) is 31.6 Å². The average molecular weight is 310 g/mol. The number of carbonyl (C=O) groups is 1. The number of hydrogen-bond donors (Lipinski definition) is 2. The monoisotopic (exact) mass is 309 g/mol. The molecule has 0 spiro atoms. The summed E-state index contributed by atoms with van der Waals surface area (Å²) in [6.07, 6.45) is 1.89. The van der Waals surface area contributed by atoms with E-state index in [1.807, 2.05) is 24.3 Å². The third-order valence-electron chi connectivity index (χ3n) is 4.10. The molecule has 5 heteroatoms. The number of nitrogens with zero attached hydrogens (tertiary/aromatic N) is 1. The van der Waals surface area contributed by atoms with Crippen LogP contribution in [0.1, 0.15) is 18.9 Å². The van der Waals surface area contributed by atoms with Gasteiger partial charge in [0.25, 0.3) is 0 Å². The van der Waals surface area contributed by atoms with Gasteiger partial charge in [0.15, 0.2) is 0 Å². The molecule has 0 bridgehead atoms. The van der Waals surface area contributed by atoms with E-state index in [0.717, 1.165) is 30.0 Å². The third-order valence-corrected chi connectivity index (χ3v) is 4.33. The molecule has 1 aliphatic rings. The van der Waals surface area contributed by atoms with E-state index >= 15 is 0 Å². The minimum atomic E-state index is 0.0848. The zero-order chi connectivity index (χ0) is 15.2. The van der Waals surface area contributed by atoms with Crippen LogP contribution in [0.3, 0.4) is 0 Å². The van der Waals surface area contributed by atoms with Crippen LogP contribution in [0.2, 0.25) is 5.02 Å². The quantitative estimate of drug-likeness (QED) is 0.840. The molecule has 1 aromatic rings. The largest absolute Gasteiger partial charge is 0.355 e. The van der Waals surface area contributed by atoms with Crippen LogP contribution in [0, 0.1) is 5.92 Å². The Morgan fingerprint density at radius 2 is 2.33 bits per heavy atom. The van der Waals surface area contributed by atoms with Crippen LogP contribution in [0.5, 0.6) is 0 Å². The standard InChI is InChI=1S/C16H24ClN3O/c1-12-7-14(9-18)10-20(12)11-16(21)19-6-5-13-3-2-4-15(17)8-13/h2-4,8,12,14H,5-7,9-11,18H2,1H3,(H,19,21). The Morgan fingerprint density at radius 1 is 1.52 bits per heavy atom. The van der Waals surface area contributed by atoms with Crippen molar-refractivity contribution >= 4 is 17.5 Å². The lowest BCUT2D eigenvalue weighted by molar-refractivity contribution is -0.122. The predicted octanol–water partition coefficient (Wildman–Crippen LogP) is 1.67. The summed E-state index contributed by atoms with van der Waals surface area (Å²) in [4.78, 5) is 14.2. The van der Waals surface area contributed by atoms with Crippen molar-refractivity contribution in [1.29, 1.82) is 0 Å². The lowest BCUT2D eigenvalue weighted by Crippen LogP contribution is -2.39. The van der Waals surface area contributed by atoms with E-state index in [1.54, 1.807) is 0 Å². The van der Waals surface area contributed by atoms with Gasteiger partial charge in [-0.1, -0.05) is 23.7 Å². The fourth-order valence-electron chi connectivity index (χ4n) is 2.89. The summed E-state index contributed by atoms with van der Waals surface area (Å²) < 4.78 is 0. The van der Waals surface area contributed by atoms with Crippen molar-refractivity contribution in [2.75, 3.05) is 26.2 Å². The van der Waals surface area contributed by atoms with E-state index in [-0.39, 0.29) is 5.91 Å².